The minimum atomic E-state index is -0.705. The molecule has 0 bridgehead atoms. The number of carbonyl (C=O) groups excluding carboxylic acids is 1. The lowest BCUT2D eigenvalue weighted by Gasteiger charge is -2.21. The Morgan fingerprint density at radius 1 is 1.38 bits per heavy atom. The van der Waals surface area contributed by atoms with E-state index in [1.54, 1.807) is 12.1 Å². The monoisotopic (exact) mass is 353 g/mol. The SMILES string of the molecule is O=C(NCCCOC1CCCCC1)c1nc2ccc(Cl)cn2c1F. The van der Waals surface area contributed by atoms with E-state index in [1.165, 1.54) is 29.9 Å². The number of nitrogens with one attached hydrogen (secondary N) is 1. The van der Waals surface area contributed by atoms with Crippen LogP contribution in [0.1, 0.15) is 49.0 Å². The molecule has 0 unspecified atom stereocenters. The summed E-state index contributed by atoms with van der Waals surface area (Å²) in [4.78, 5) is 16.1. The second kappa shape index (κ2) is 7.94. The van der Waals surface area contributed by atoms with Crippen molar-refractivity contribution in [2.75, 3.05) is 13.2 Å². The number of amides is 1. The minimum Gasteiger partial charge on any atom is -0.378 e. The number of hydrogen-bond donors (Lipinski definition) is 1. The zero-order valence-corrected chi connectivity index (χ0v) is 14.2. The summed E-state index contributed by atoms with van der Waals surface area (Å²) in [7, 11) is 0. The van der Waals surface area contributed by atoms with E-state index in [0.717, 1.165) is 12.8 Å². The summed E-state index contributed by atoms with van der Waals surface area (Å²) in [5.74, 6) is -1.23. The average molecular weight is 354 g/mol. The summed E-state index contributed by atoms with van der Waals surface area (Å²) in [6, 6.07) is 3.17. The molecule has 0 saturated heterocycles. The maximum atomic E-state index is 14.2. The average Bonchev–Trinajstić information content (AvgIpc) is 2.92. The van der Waals surface area contributed by atoms with E-state index in [4.69, 9.17) is 16.3 Å². The molecule has 130 valence electrons. The molecule has 5 nitrogen and oxygen atoms in total. The van der Waals surface area contributed by atoms with Gasteiger partial charge in [0.05, 0.1) is 11.1 Å². The van der Waals surface area contributed by atoms with Gasteiger partial charge >= 0.3 is 0 Å². The van der Waals surface area contributed by atoms with Gasteiger partial charge in [-0.05, 0) is 31.4 Å². The van der Waals surface area contributed by atoms with Crippen LogP contribution in [0.4, 0.5) is 4.39 Å². The maximum Gasteiger partial charge on any atom is 0.274 e. The molecule has 0 spiro atoms. The fraction of sp³-hybridized carbons (Fsp3) is 0.529. The normalized spacial score (nSPS) is 15.8. The summed E-state index contributed by atoms with van der Waals surface area (Å²) in [5, 5.41) is 3.07. The van der Waals surface area contributed by atoms with E-state index in [2.05, 4.69) is 10.3 Å². The molecule has 0 atom stereocenters. The molecule has 0 aliphatic heterocycles. The third-order valence-corrected chi connectivity index (χ3v) is 4.48. The third-order valence-electron chi connectivity index (χ3n) is 4.25. The Morgan fingerprint density at radius 3 is 2.96 bits per heavy atom. The molecule has 1 fully saturated rings. The Hall–Kier alpha value is -1.66. The smallest absolute Gasteiger partial charge is 0.274 e. The van der Waals surface area contributed by atoms with Crippen LogP contribution < -0.4 is 5.32 Å². The fourth-order valence-electron chi connectivity index (χ4n) is 2.97. The lowest BCUT2D eigenvalue weighted by Crippen LogP contribution is -2.27. The van der Waals surface area contributed by atoms with Crippen molar-refractivity contribution < 1.29 is 13.9 Å². The molecule has 2 aromatic heterocycles. The van der Waals surface area contributed by atoms with Crippen LogP contribution >= 0.6 is 11.6 Å². The van der Waals surface area contributed by atoms with E-state index < -0.39 is 11.9 Å². The zero-order chi connectivity index (χ0) is 16.9. The first kappa shape index (κ1) is 17.2. The van der Waals surface area contributed by atoms with Crippen molar-refractivity contribution in [2.24, 2.45) is 0 Å². The second-order valence-corrected chi connectivity index (χ2v) is 6.50. The van der Waals surface area contributed by atoms with E-state index in [0.29, 0.717) is 36.3 Å². The van der Waals surface area contributed by atoms with Gasteiger partial charge in [0, 0.05) is 19.3 Å². The highest BCUT2D eigenvalue weighted by Gasteiger charge is 2.19. The molecule has 3 rings (SSSR count). The highest BCUT2D eigenvalue weighted by Crippen LogP contribution is 2.20. The Kier molecular flexibility index (Phi) is 5.68. The maximum absolute atomic E-state index is 14.2. The predicted molar refractivity (Wildman–Crippen MR) is 89.9 cm³/mol. The van der Waals surface area contributed by atoms with Crippen LogP contribution in [-0.2, 0) is 4.74 Å². The van der Waals surface area contributed by atoms with Gasteiger partial charge < -0.3 is 10.1 Å². The topological polar surface area (TPSA) is 55.6 Å². The first-order valence-electron chi connectivity index (χ1n) is 8.38. The van der Waals surface area contributed by atoms with Crippen LogP contribution in [0.15, 0.2) is 18.3 Å². The molecule has 2 aromatic rings. The van der Waals surface area contributed by atoms with Crippen LogP contribution in [0.2, 0.25) is 5.02 Å². The standard InChI is InChI=1S/C17H21ClFN3O2/c18-12-7-8-14-21-15(16(19)22(14)11-12)17(23)20-9-4-10-24-13-5-2-1-3-6-13/h7-8,11,13H,1-6,9-10H2,(H,20,23). The van der Waals surface area contributed by atoms with Crippen molar-refractivity contribution in [1.29, 1.82) is 0 Å². The Labute approximate surface area is 145 Å². The summed E-state index contributed by atoms with van der Waals surface area (Å²) in [6.07, 6.45) is 8.47. The number of carbonyl (C=O) groups is 1. The third kappa shape index (κ3) is 4.05. The molecule has 0 aromatic carbocycles. The number of halogens is 2. The number of aromatic nitrogens is 2. The minimum absolute atomic E-state index is 0.217. The van der Waals surface area contributed by atoms with E-state index in [1.807, 2.05) is 0 Å². The molecule has 0 radical (unpaired) electrons. The van der Waals surface area contributed by atoms with Gasteiger partial charge in [-0.25, -0.2) is 4.98 Å². The van der Waals surface area contributed by atoms with Gasteiger partial charge in [-0.1, -0.05) is 30.9 Å². The van der Waals surface area contributed by atoms with Crippen molar-refractivity contribution in [3.8, 4) is 0 Å². The lowest BCUT2D eigenvalue weighted by molar-refractivity contribution is 0.0273. The summed E-state index contributed by atoms with van der Waals surface area (Å²) in [6.45, 7) is 1.04. The number of imidazole rings is 1. The van der Waals surface area contributed by atoms with Gasteiger partial charge in [0.2, 0.25) is 5.95 Å². The van der Waals surface area contributed by atoms with Gasteiger partial charge in [0.15, 0.2) is 5.69 Å². The van der Waals surface area contributed by atoms with Gasteiger partial charge in [-0.3, -0.25) is 9.20 Å². The van der Waals surface area contributed by atoms with Crippen molar-refractivity contribution >= 4 is 23.2 Å². The quantitative estimate of drug-likeness (QED) is 0.807. The van der Waals surface area contributed by atoms with Gasteiger partial charge in [-0.2, -0.15) is 4.39 Å². The number of pyridine rings is 1. The number of hydrogen-bond acceptors (Lipinski definition) is 3. The summed E-state index contributed by atoms with van der Waals surface area (Å²) in [5.41, 5.74) is 0.133. The molecule has 1 N–H and O–H groups in total. The fourth-order valence-corrected chi connectivity index (χ4v) is 3.13. The molecule has 1 amide bonds. The molecule has 1 aliphatic carbocycles. The first-order chi connectivity index (χ1) is 11.6. The van der Waals surface area contributed by atoms with Gasteiger partial charge in [0.25, 0.3) is 5.91 Å². The number of ether oxygens (including phenoxy) is 1. The zero-order valence-electron chi connectivity index (χ0n) is 13.4. The van der Waals surface area contributed by atoms with Gasteiger partial charge in [-0.15, -0.1) is 0 Å². The Balaban J connectivity index is 1.47. The Morgan fingerprint density at radius 2 is 2.17 bits per heavy atom. The second-order valence-electron chi connectivity index (χ2n) is 6.07. The molecule has 7 heteroatoms. The molecule has 2 heterocycles. The highest BCUT2D eigenvalue weighted by molar-refractivity contribution is 6.30. The van der Waals surface area contributed by atoms with Crippen molar-refractivity contribution in [3.63, 3.8) is 0 Å². The molecule has 1 aliphatic rings. The van der Waals surface area contributed by atoms with Crippen LogP contribution in [0.3, 0.4) is 0 Å². The van der Waals surface area contributed by atoms with Crippen molar-refractivity contribution in [3.05, 3.63) is 35.0 Å². The Bertz CT molecular complexity index is 713. The number of fused-ring (bicyclic) bond motifs is 1. The van der Waals surface area contributed by atoms with Gasteiger partial charge in [0.1, 0.15) is 5.65 Å². The molecule has 1 saturated carbocycles. The molecule has 24 heavy (non-hydrogen) atoms. The van der Waals surface area contributed by atoms with Crippen LogP contribution in [0.5, 0.6) is 0 Å². The van der Waals surface area contributed by atoms with E-state index in [9.17, 15) is 9.18 Å². The predicted octanol–water partition coefficient (Wildman–Crippen LogP) is 3.60. The number of rotatable bonds is 6. The van der Waals surface area contributed by atoms with Crippen molar-refractivity contribution in [1.82, 2.24) is 14.7 Å². The molecular formula is C17H21ClFN3O2. The van der Waals surface area contributed by atoms with Crippen molar-refractivity contribution in [2.45, 2.75) is 44.6 Å². The number of nitrogens with zero attached hydrogens (tertiary/aromatic N) is 2. The van der Waals surface area contributed by atoms with Crippen LogP contribution in [0.25, 0.3) is 5.65 Å². The lowest BCUT2D eigenvalue weighted by atomic mass is 9.98. The summed E-state index contributed by atoms with van der Waals surface area (Å²) >= 11 is 5.83. The largest absolute Gasteiger partial charge is 0.378 e. The van der Waals surface area contributed by atoms with E-state index >= 15 is 0 Å². The molecular weight excluding hydrogens is 333 g/mol. The summed E-state index contributed by atoms with van der Waals surface area (Å²) < 4.78 is 21.2. The first-order valence-corrected chi connectivity index (χ1v) is 8.76. The van der Waals surface area contributed by atoms with Crippen LogP contribution in [-0.4, -0.2) is 34.5 Å². The highest BCUT2D eigenvalue weighted by atomic mass is 35.5. The van der Waals surface area contributed by atoms with Crippen LogP contribution in [0, 0.1) is 5.95 Å². The van der Waals surface area contributed by atoms with E-state index in [-0.39, 0.29) is 5.69 Å².